The highest BCUT2D eigenvalue weighted by molar-refractivity contribution is 7.98. The van der Waals surface area contributed by atoms with Gasteiger partial charge in [0.1, 0.15) is 23.0 Å². The number of ether oxygens (including phenoxy) is 1. The molecule has 9 heteroatoms. The van der Waals surface area contributed by atoms with E-state index in [0.29, 0.717) is 22.7 Å². The molecule has 0 aliphatic rings. The van der Waals surface area contributed by atoms with Crippen LogP contribution >= 0.6 is 11.8 Å². The number of esters is 1. The van der Waals surface area contributed by atoms with Crippen molar-refractivity contribution in [3.05, 3.63) is 58.9 Å². The van der Waals surface area contributed by atoms with Crippen LogP contribution in [-0.2, 0) is 10.5 Å². The SMILES string of the molecule is CCOC(=O)c1c(C)oc2nc(CSc3nccn3-c3ccc(C)c(C)c3)nc(N)c12. The molecule has 160 valence electrons. The van der Waals surface area contributed by atoms with Crippen molar-refractivity contribution in [3.8, 4) is 5.69 Å². The summed E-state index contributed by atoms with van der Waals surface area (Å²) in [5, 5.41) is 1.20. The second-order valence-corrected chi connectivity index (χ2v) is 8.04. The van der Waals surface area contributed by atoms with Gasteiger partial charge >= 0.3 is 5.97 Å². The van der Waals surface area contributed by atoms with Gasteiger partial charge in [-0.25, -0.2) is 14.8 Å². The lowest BCUT2D eigenvalue weighted by molar-refractivity contribution is 0.0526. The molecule has 0 bridgehead atoms. The van der Waals surface area contributed by atoms with Gasteiger partial charge in [0, 0.05) is 18.1 Å². The van der Waals surface area contributed by atoms with Gasteiger partial charge in [-0.1, -0.05) is 17.8 Å². The number of nitrogen functional groups attached to an aromatic ring is 1. The van der Waals surface area contributed by atoms with Crippen LogP contribution in [0, 0.1) is 20.8 Å². The monoisotopic (exact) mass is 437 g/mol. The second kappa shape index (κ2) is 8.43. The van der Waals surface area contributed by atoms with E-state index in [0.717, 1.165) is 10.8 Å². The number of aromatic nitrogens is 4. The van der Waals surface area contributed by atoms with Crippen LogP contribution in [-0.4, -0.2) is 32.1 Å². The highest BCUT2D eigenvalue weighted by Crippen LogP contribution is 2.30. The number of aryl methyl sites for hydroxylation is 3. The Morgan fingerprint density at radius 2 is 2.03 bits per heavy atom. The Labute approximate surface area is 183 Å². The summed E-state index contributed by atoms with van der Waals surface area (Å²) in [5.74, 6) is 1.04. The summed E-state index contributed by atoms with van der Waals surface area (Å²) in [6, 6.07) is 6.29. The van der Waals surface area contributed by atoms with Crippen LogP contribution in [0.25, 0.3) is 16.8 Å². The summed E-state index contributed by atoms with van der Waals surface area (Å²) >= 11 is 1.49. The van der Waals surface area contributed by atoms with E-state index in [4.69, 9.17) is 14.9 Å². The molecule has 1 aromatic carbocycles. The van der Waals surface area contributed by atoms with E-state index in [2.05, 4.69) is 47.0 Å². The van der Waals surface area contributed by atoms with E-state index in [9.17, 15) is 4.79 Å². The Hall–Kier alpha value is -3.33. The molecule has 0 saturated heterocycles. The first kappa shape index (κ1) is 20.9. The van der Waals surface area contributed by atoms with E-state index < -0.39 is 5.97 Å². The first-order valence-corrected chi connectivity index (χ1v) is 10.8. The van der Waals surface area contributed by atoms with E-state index in [1.165, 1.54) is 22.9 Å². The van der Waals surface area contributed by atoms with Crippen molar-refractivity contribution in [1.82, 2.24) is 19.5 Å². The molecular weight excluding hydrogens is 414 g/mol. The summed E-state index contributed by atoms with van der Waals surface area (Å²) in [6.45, 7) is 7.86. The molecule has 0 aliphatic carbocycles. The largest absolute Gasteiger partial charge is 0.462 e. The zero-order valence-corrected chi connectivity index (χ0v) is 18.6. The Bertz CT molecular complexity index is 1280. The minimum Gasteiger partial charge on any atom is -0.462 e. The van der Waals surface area contributed by atoms with E-state index in [1.807, 2.05) is 10.8 Å². The second-order valence-electron chi connectivity index (χ2n) is 7.10. The number of thioether (sulfide) groups is 1. The Balaban J connectivity index is 1.60. The first-order valence-electron chi connectivity index (χ1n) is 9.85. The minimum atomic E-state index is -0.494. The molecule has 31 heavy (non-hydrogen) atoms. The quantitative estimate of drug-likeness (QED) is 0.349. The molecule has 0 aliphatic heterocycles. The number of hydrogen-bond acceptors (Lipinski definition) is 8. The van der Waals surface area contributed by atoms with Crippen LogP contribution in [0.15, 0.2) is 40.2 Å². The predicted octanol–water partition coefficient (Wildman–Crippen LogP) is 4.38. The zero-order valence-electron chi connectivity index (χ0n) is 17.8. The van der Waals surface area contributed by atoms with Crippen LogP contribution in [0.4, 0.5) is 5.82 Å². The summed E-state index contributed by atoms with van der Waals surface area (Å²) in [7, 11) is 0. The lowest BCUT2D eigenvalue weighted by Crippen LogP contribution is -2.07. The number of hydrogen-bond donors (Lipinski definition) is 1. The average Bonchev–Trinajstić information content (AvgIpc) is 3.32. The third-order valence-corrected chi connectivity index (χ3v) is 5.95. The Morgan fingerprint density at radius 3 is 2.77 bits per heavy atom. The molecule has 2 N–H and O–H groups in total. The number of nitrogens with zero attached hydrogens (tertiary/aromatic N) is 4. The molecule has 0 amide bonds. The minimum absolute atomic E-state index is 0.193. The number of fused-ring (bicyclic) bond motifs is 1. The molecule has 4 rings (SSSR count). The smallest absolute Gasteiger partial charge is 0.342 e. The standard InChI is InChI=1S/C22H23N5O3S/c1-5-29-21(28)17-14(4)30-20-18(17)19(23)25-16(26-20)11-31-22-24-8-9-27(22)15-7-6-12(2)13(3)10-15/h6-10H,5,11H2,1-4H3,(H2,23,25,26). The number of furan rings is 1. The summed E-state index contributed by atoms with van der Waals surface area (Å²) in [5.41, 5.74) is 10.2. The van der Waals surface area contributed by atoms with Gasteiger partial charge < -0.3 is 14.9 Å². The fourth-order valence-electron chi connectivity index (χ4n) is 3.29. The van der Waals surface area contributed by atoms with E-state index in [1.54, 1.807) is 20.0 Å². The fraction of sp³-hybridized carbons (Fsp3) is 0.273. The van der Waals surface area contributed by atoms with Crippen molar-refractivity contribution in [2.75, 3.05) is 12.3 Å². The van der Waals surface area contributed by atoms with Gasteiger partial charge in [-0.05, 0) is 51.0 Å². The Morgan fingerprint density at radius 1 is 1.23 bits per heavy atom. The highest BCUT2D eigenvalue weighted by Gasteiger charge is 2.24. The van der Waals surface area contributed by atoms with Crippen molar-refractivity contribution >= 4 is 34.6 Å². The van der Waals surface area contributed by atoms with Crippen molar-refractivity contribution in [2.24, 2.45) is 0 Å². The fourth-order valence-corrected chi connectivity index (χ4v) is 4.12. The van der Waals surface area contributed by atoms with Crippen molar-refractivity contribution < 1.29 is 13.9 Å². The maximum atomic E-state index is 12.3. The number of benzene rings is 1. The summed E-state index contributed by atoms with van der Waals surface area (Å²) in [6.07, 6.45) is 3.68. The molecule has 3 heterocycles. The number of nitrogens with two attached hydrogens (primary N) is 1. The third kappa shape index (κ3) is 4.00. The van der Waals surface area contributed by atoms with Crippen LogP contribution in [0.3, 0.4) is 0 Å². The molecule has 0 radical (unpaired) electrons. The number of carbonyl (C=O) groups is 1. The molecule has 0 spiro atoms. The van der Waals surface area contributed by atoms with Crippen LogP contribution in [0.1, 0.15) is 40.0 Å². The average molecular weight is 438 g/mol. The predicted molar refractivity (Wildman–Crippen MR) is 120 cm³/mol. The summed E-state index contributed by atoms with van der Waals surface area (Å²) in [4.78, 5) is 25.6. The highest BCUT2D eigenvalue weighted by atomic mass is 32.2. The number of carbonyl (C=O) groups excluding carboxylic acids is 1. The number of anilines is 1. The number of imidazole rings is 1. The molecule has 0 atom stereocenters. The van der Waals surface area contributed by atoms with Crippen molar-refractivity contribution in [3.63, 3.8) is 0 Å². The normalized spacial score (nSPS) is 11.2. The van der Waals surface area contributed by atoms with Gasteiger partial charge in [0.2, 0.25) is 5.71 Å². The molecule has 3 aromatic heterocycles. The molecule has 0 unspecified atom stereocenters. The molecule has 0 saturated carbocycles. The van der Waals surface area contributed by atoms with E-state index in [-0.39, 0.29) is 23.7 Å². The topological polar surface area (TPSA) is 109 Å². The van der Waals surface area contributed by atoms with Gasteiger partial charge in [-0.3, -0.25) is 4.57 Å². The lowest BCUT2D eigenvalue weighted by atomic mass is 10.1. The van der Waals surface area contributed by atoms with Gasteiger partial charge in [0.05, 0.1) is 17.7 Å². The van der Waals surface area contributed by atoms with Gasteiger partial charge in [0.15, 0.2) is 5.16 Å². The number of rotatable bonds is 6. The first-order chi connectivity index (χ1) is 14.9. The van der Waals surface area contributed by atoms with Gasteiger partial charge in [-0.2, -0.15) is 4.98 Å². The summed E-state index contributed by atoms with van der Waals surface area (Å²) < 4.78 is 12.8. The van der Waals surface area contributed by atoms with Crippen molar-refractivity contribution in [2.45, 2.75) is 38.6 Å². The maximum Gasteiger partial charge on any atom is 0.342 e. The zero-order chi connectivity index (χ0) is 22.1. The van der Waals surface area contributed by atoms with Crippen LogP contribution < -0.4 is 5.73 Å². The lowest BCUT2D eigenvalue weighted by Gasteiger charge is -2.09. The Kier molecular flexibility index (Phi) is 5.69. The molecular formula is C22H23N5O3S. The molecule has 0 fully saturated rings. The van der Waals surface area contributed by atoms with Gasteiger partial charge in [-0.15, -0.1) is 0 Å². The molecule has 4 aromatic rings. The van der Waals surface area contributed by atoms with Crippen molar-refractivity contribution in [1.29, 1.82) is 0 Å². The molecule has 8 nitrogen and oxygen atoms in total. The van der Waals surface area contributed by atoms with Crippen LogP contribution in [0.5, 0.6) is 0 Å². The van der Waals surface area contributed by atoms with Crippen LogP contribution in [0.2, 0.25) is 0 Å². The van der Waals surface area contributed by atoms with Gasteiger partial charge in [0.25, 0.3) is 0 Å². The maximum absolute atomic E-state index is 12.3. The third-order valence-electron chi connectivity index (χ3n) is 4.99. The van der Waals surface area contributed by atoms with E-state index >= 15 is 0 Å².